The summed E-state index contributed by atoms with van der Waals surface area (Å²) in [6, 6.07) is 0. The van der Waals surface area contributed by atoms with Gasteiger partial charge in [0.25, 0.3) is 0 Å². The predicted octanol–water partition coefficient (Wildman–Crippen LogP) is 0.342. The molecule has 1 aliphatic rings. The molecule has 1 aliphatic heterocycles. The molecule has 0 spiro atoms. The summed E-state index contributed by atoms with van der Waals surface area (Å²) in [5.74, 6) is 0.167. The molecular weight excluding hydrogens is 142 g/mol. The van der Waals surface area contributed by atoms with E-state index in [-0.39, 0.29) is 17.4 Å². The van der Waals surface area contributed by atoms with Crippen LogP contribution in [0.25, 0.3) is 0 Å². The first kappa shape index (κ1) is 8.68. The molecule has 1 atom stereocenters. The minimum absolute atomic E-state index is 0.0184. The summed E-state index contributed by atoms with van der Waals surface area (Å²) in [4.78, 5) is 11.1. The number of epoxide rings is 1. The fourth-order valence-corrected chi connectivity index (χ4v) is 0.700. The smallest absolute Gasteiger partial charge is 0.177 e. The Morgan fingerprint density at radius 1 is 1.64 bits per heavy atom. The molecule has 1 fully saturated rings. The Kier molecular flexibility index (Phi) is 2.30. The number of carbonyl (C=O) groups is 1. The number of hydrogen-bond acceptors (Lipinski definition) is 3. The Balaban J connectivity index is 2.16. The van der Waals surface area contributed by atoms with Crippen molar-refractivity contribution in [1.82, 2.24) is 5.32 Å². The molecular formula is C8H15NO2. The van der Waals surface area contributed by atoms with Crippen molar-refractivity contribution in [3.8, 4) is 0 Å². The summed E-state index contributed by atoms with van der Waals surface area (Å²) in [6.45, 7) is 7.15. The number of ketones is 1. The first-order valence-corrected chi connectivity index (χ1v) is 3.88. The highest BCUT2D eigenvalue weighted by Crippen LogP contribution is 2.09. The van der Waals surface area contributed by atoms with Gasteiger partial charge in [0.05, 0.1) is 13.2 Å². The van der Waals surface area contributed by atoms with Crippen LogP contribution in [0.4, 0.5) is 0 Å². The Labute approximate surface area is 67.1 Å². The SMILES string of the molecule is CC(C)(C)NCC(=O)C1CO1. The Morgan fingerprint density at radius 2 is 2.18 bits per heavy atom. The largest absolute Gasteiger partial charge is 0.365 e. The number of nitrogens with one attached hydrogen (secondary N) is 1. The molecule has 1 unspecified atom stereocenters. The van der Waals surface area contributed by atoms with Gasteiger partial charge in [-0.1, -0.05) is 0 Å². The molecule has 0 aliphatic carbocycles. The monoisotopic (exact) mass is 157 g/mol. The second-order valence-corrected chi connectivity index (χ2v) is 3.89. The maximum atomic E-state index is 11.1. The van der Waals surface area contributed by atoms with Crippen LogP contribution in [-0.2, 0) is 9.53 Å². The molecule has 1 saturated heterocycles. The van der Waals surface area contributed by atoms with Gasteiger partial charge >= 0.3 is 0 Å². The zero-order chi connectivity index (χ0) is 8.48. The number of ether oxygens (including phenoxy) is 1. The van der Waals surface area contributed by atoms with E-state index in [0.717, 1.165) is 0 Å². The van der Waals surface area contributed by atoms with E-state index in [1.165, 1.54) is 0 Å². The molecule has 1 heterocycles. The molecule has 64 valence electrons. The van der Waals surface area contributed by atoms with E-state index < -0.39 is 0 Å². The fourth-order valence-electron chi connectivity index (χ4n) is 0.700. The van der Waals surface area contributed by atoms with E-state index in [4.69, 9.17) is 4.74 Å². The van der Waals surface area contributed by atoms with Crippen LogP contribution < -0.4 is 5.32 Å². The molecule has 0 aromatic rings. The molecule has 0 amide bonds. The van der Waals surface area contributed by atoms with E-state index in [1.54, 1.807) is 0 Å². The first-order chi connectivity index (χ1) is 4.99. The van der Waals surface area contributed by atoms with E-state index in [0.29, 0.717) is 13.2 Å². The summed E-state index contributed by atoms with van der Waals surface area (Å²) >= 11 is 0. The predicted molar refractivity (Wildman–Crippen MR) is 42.5 cm³/mol. The number of hydrogen-bond donors (Lipinski definition) is 1. The number of rotatable bonds is 3. The van der Waals surface area contributed by atoms with Gasteiger partial charge in [0.2, 0.25) is 0 Å². The van der Waals surface area contributed by atoms with Gasteiger partial charge in [-0.3, -0.25) is 4.79 Å². The van der Waals surface area contributed by atoms with Crippen molar-refractivity contribution >= 4 is 5.78 Å². The van der Waals surface area contributed by atoms with Crippen molar-refractivity contribution in [2.45, 2.75) is 32.4 Å². The molecule has 0 radical (unpaired) electrons. The third-order valence-electron chi connectivity index (χ3n) is 1.49. The van der Waals surface area contributed by atoms with Crippen LogP contribution in [0.1, 0.15) is 20.8 Å². The van der Waals surface area contributed by atoms with Gasteiger partial charge in [0.1, 0.15) is 6.10 Å². The molecule has 11 heavy (non-hydrogen) atoms. The quantitative estimate of drug-likeness (QED) is 0.601. The lowest BCUT2D eigenvalue weighted by molar-refractivity contribution is -0.119. The highest BCUT2D eigenvalue weighted by Gasteiger charge is 2.31. The molecule has 3 nitrogen and oxygen atoms in total. The molecule has 0 aromatic heterocycles. The first-order valence-electron chi connectivity index (χ1n) is 3.88. The van der Waals surface area contributed by atoms with Crippen molar-refractivity contribution in [2.24, 2.45) is 0 Å². The van der Waals surface area contributed by atoms with Gasteiger partial charge in [-0.2, -0.15) is 0 Å². The summed E-state index contributed by atoms with van der Waals surface area (Å²) in [5.41, 5.74) is 0.0184. The van der Waals surface area contributed by atoms with Gasteiger partial charge in [0, 0.05) is 5.54 Å². The van der Waals surface area contributed by atoms with Gasteiger partial charge in [-0.15, -0.1) is 0 Å². The lowest BCUT2D eigenvalue weighted by Gasteiger charge is -2.19. The minimum Gasteiger partial charge on any atom is -0.365 e. The Hall–Kier alpha value is -0.410. The van der Waals surface area contributed by atoms with Crippen LogP contribution in [0.3, 0.4) is 0 Å². The van der Waals surface area contributed by atoms with Crippen LogP contribution in [0.5, 0.6) is 0 Å². The van der Waals surface area contributed by atoms with E-state index in [1.807, 2.05) is 20.8 Å². The van der Waals surface area contributed by atoms with Gasteiger partial charge < -0.3 is 10.1 Å². The van der Waals surface area contributed by atoms with E-state index >= 15 is 0 Å². The average Bonchev–Trinajstić information content (AvgIpc) is 2.61. The van der Waals surface area contributed by atoms with Crippen molar-refractivity contribution < 1.29 is 9.53 Å². The van der Waals surface area contributed by atoms with Gasteiger partial charge in [0.15, 0.2) is 5.78 Å². The van der Waals surface area contributed by atoms with Crippen LogP contribution >= 0.6 is 0 Å². The normalized spacial score (nSPS) is 23.4. The van der Waals surface area contributed by atoms with Crippen LogP contribution in [-0.4, -0.2) is 30.6 Å². The van der Waals surface area contributed by atoms with Gasteiger partial charge in [-0.25, -0.2) is 0 Å². The van der Waals surface area contributed by atoms with Crippen LogP contribution in [0.2, 0.25) is 0 Å². The second-order valence-electron chi connectivity index (χ2n) is 3.89. The van der Waals surface area contributed by atoms with Crippen molar-refractivity contribution in [1.29, 1.82) is 0 Å². The zero-order valence-corrected chi connectivity index (χ0v) is 7.31. The summed E-state index contributed by atoms with van der Waals surface area (Å²) in [6.07, 6.45) is -0.107. The maximum absolute atomic E-state index is 11.1. The molecule has 0 bridgehead atoms. The summed E-state index contributed by atoms with van der Waals surface area (Å²) in [7, 11) is 0. The molecule has 1 N–H and O–H groups in total. The highest BCUT2D eigenvalue weighted by atomic mass is 16.6. The summed E-state index contributed by atoms with van der Waals surface area (Å²) < 4.78 is 4.85. The Bertz CT molecular complexity index is 156. The molecule has 3 heteroatoms. The maximum Gasteiger partial charge on any atom is 0.177 e. The van der Waals surface area contributed by atoms with E-state index in [2.05, 4.69) is 5.32 Å². The molecule has 0 saturated carbocycles. The molecule has 0 aromatic carbocycles. The fraction of sp³-hybridized carbons (Fsp3) is 0.875. The topological polar surface area (TPSA) is 41.6 Å². The average molecular weight is 157 g/mol. The third-order valence-corrected chi connectivity index (χ3v) is 1.49. The lowest BCUT2D eigenvalue weighted by atomic mass is 10.1. The van der Waals surface area contributed by atoms with Crippen molar-refractivity contribution in [3.63, 3.8) is 0 Å². The zero-order valence-electron chi connectivity index (χ0n) is 7.31. The van der Waals surface area contributed by atoms with Crippen LogP contribution in [0.15, 0.2) is 0 Å². The standard InChI is InChI=1S/C8H15NO2/c1-8(2,3)9-4-6(10)7-5-11-7/h7,9H,4-5H2,1-3H3. The van der Waals surface area contributed by atoms with Crippen LogP contribution in [0, 0.1) is 0 Å². The molecule has 1 rings (SSSR count). The van der Waals surface area contributed by atoms with Crippen molar-refractivity contribution in [2.75, 3.05) is 13.2 Å². The number of carbonyl (C=O) groups excluding carboxylic acids is 1. The minimum atomic E-state index is -0.107. The van der Waals surface area contributed by atoms with Gasteiger partial charge in [-0.05, 0) is 20.8 Å². The lowest BCUT2D eigenvalue weighted by Crippen LogP contribution is -2.40. The summed E-state index contributed by atoms with van der Waals surface area (Å²) in [5, 5.41) is 3.11. The van der Waals surface area contributed by atoms with Crippen molar-refractivity contribution in [3.05, 3.63) is 0 Å². The Morgan fingerprint density at radius 3 is 2.55 bits per heavy atom. The third kappa shape index (κ3) is 3.49. The highest BCUT2D eigenvalue weighted by molar-refractivity contribution is 5.86. The number of Topliss-reactive ketones (excluding diaryl/α,β-unsaturated/α-hetero) is 1. The van der Waals surface area contributed by atoms with E-state index in [9.17, 15) is 4.79 Å². The second kappa shape index (κ2) is 2.91.